The van der Waals surface area contributed by atoms with Crippen LogP contribution in [-0.2, 0) is 9.47 Å². The van der Waals surface area contributed by atoms with Gasteiger partial charge in [0.15, 0.2) is 5.72 Å². The first-order valence-corrected chi connectivity index (χ1v) is 8.95. The SMILES string of the molecule is CO[C@@]12C3N[C@H]3CN1c1c(O)c(C)c(/N=N/C(N)=S)c(O)c1[C@@H]2COC(N)=O. The number of nitrogens with two attached hydrogens (primary N) is 2. The van der Waals surface area contributed by atoms with Gasteiger partial charge in [-0.3, -0.25) is 0 Å². The van der Waals surface area contributed by atoms with E-state index in [0.29, 0.717) is 23.4 Å². The molecule has 0 aliphatic carbocycles. The van der Waals surface area contributed by atoms with Crippen LogP contribution in [0.15, 0.2) is 10.2 Å². The third kappa shape index (κ3) is 2.34. The Balaban J connectivity index is 1.92. The molecule has 150 valence electrons. The van der Waals surface area contributed by atoms with Crippen LogP contribution in [0.2, 0.25) is 0 Å². The highest BCUT2D eigenvalue weighted by Gasteiger charge is 2.71. The molecule has 2 saturated heterocycles. The number of amides is 1. The number of methoxy groups -OCH3 is 1. The number of carbonyl (C=O) groups is 1. The Hall–Kier alpha value is -2.70. The number of piperazine rings is 1. The fourth-order valence-electron chi connectivity index (χ4n) is 4.53. The Labute approximate surface area is 165 Å². The minimum absolute atomic E-state index is 0.0286. The van der Waals surface area contributed by atoms with Gasteiger partial charge in [0.05, 0.1) is 17.6 Å². The van der Waals surface area contributed by atoms with Gasteiger partial charge in [0, 0.05) is 30.8 Å². The van der Waals surface area contributed by atoms with E-state index in [-0.39, 0.29) is 41.0 Å². The van der Waals surface area contributed by atoms with Gasteiger partial charge in [-0.25, -0.2) is 4.79 Å². The number of primary amides is 1. The Morgan fingerprint density at radius 2 is 2.14 bits per heavy atom. The van der Waals surface area contributed by atoms with Crippen molar-refractivity contribution in [2.24, 2.45) is 21.7 Å². The quantitative estimate of drug-likeness (QED) is 0.204. The van der Waals surface area contributed by atoms with Crippen molar-refractivity contribution in [3.63, 3.8) is 0 Å². The van der Waals surface area contributed by atoms with E-state index in [1.54, 1.807) is 6.92 Å². The average Bonchev–Trinajstić information content (AvgIpc) is 3.24. The summed E-state index contributed by atoms with van der Waals surface area (Å²) >= 11 is 4.70. The summed E-state index contributed by atoms with van der Waals surface area (Å²) in [7, 11) is 1.53. The Morgan fingerprint density at radius 3 is 2.75 bits per heavy atom. The van der Waals surface area contributed by atoms with Crippen LogP contribution in [0.3, 0.4) is 0 Å². The maximum atomic E-state index is 11.3. The van der Waals surface area contributed by atoms with Gasteiger partial charge in [-0.2, -0.15) is 0 Å². The largest absolute Gasteiger partial charge is 0.505 e. The predicted octanol–water partition coefficient (Wildman–Crippen LogP) is 0.429. The van der Waals surface area contributed by atoms with E-state index >= 15 is 0 Å². The number of hydrogen-bond acceptors (Lipinski definition) is 9. The number of rotatable bonds is 4. The lowest BCUT2D eigenvalue weighted by Crippen LogP contribution is -2.54. The highest BCUT2D eigenvalue weighted by molar-refractivity contribution is 7.80. The van der Waals surface area contributed by atoms with Crippen LogP contribution in [0.25, 0.3) is 0 Å². The van der Waals surface area contributed by atoms with Gasteiger partial charge in [-0.15, -0.1) is 10.2 Å². The number of azo groups is 1. The number of phenolic OH excluding ortho intramolecular Hbond substituents is 2. The number of fused-ring (bicyclic) bond motifs is 5. The van der Waals surface area contributed by atoms with Crippen LogP contribution in [0.5, 0.6) is 11.5 Å². The molecule has 3 aliphatic rings. The van der Waals surface area contributed by atoms with Gasteiger partial charge < -0.3 is 41.4 Å². The van der Waals surface area contributed by atoms with Gasteiger partial charge >= 0.3 is 6.09 Å². The number of thiocarbonyl (C=S) groups is 1. The number of anilines is 1. The number of hydrogen-bond donors (Lipinski definition) is 5. The van der Waals surface area contributed by atoms with Crippen molar-refractivity contribution in [2.75, 3.05) is 25.2 Å². The fourth-order valence-corrected chi connectivity index (χ4v) is 4.57. The van der Waals surface area contributed by atoms with Gasteiger partial charge in [0.25, 0.3) is 0 Å². The van der Waals surface area contributed by atoms with Crippen LogP contribution >= 0.6 is 12.2 Å². The van der Waals surface area contributed by atoms with Crippen LogP contribution < -0.4 is 21.7 Å². The summed E-state index contributed by atoms with van der Waals surface area (Å²) in [5.41, 5.74) is 10.7. The van der Waals surface area contributed by atoms with Gasteiger partial charge in [0.1, 0.15) is 23.8 Å². The fraction of sp³-hybridized carbons (Fsp3) is 0.500. The number of aromatic hydroxyl groups is 2. The molecule has 0 spiro atoms. The maximum Gasteiger partial charge on any atom is 0.404 e. The number of nitrogens with zero attached hydrogens (tertiary/aromatic N) is 3. The molecule has 7 N–H and O–H groups in total. The normalized spacial score (nSPS) is 29.5. The van der Waals surface area contributed by atoms with Crippen molar-refractivity contribution in [1.29, 1.82) is 0 Å². The first kappa shape index (κ1) is 18.7. The molecule has 2 fully saturated rings. The Kier molecular flexibility index (Phi) is 4.10. The molecule has 1 amide bonds. The second-order valence-corrected chi connectivity index (χ2v) is 7.39. The highest BCUT2D eigenvalue weighted by atomic mass is 32.1. The summed E-state index contributed by atoms with van der Waals surface area (Å²) in [5, 5.41) is 32.5. The Bertz CT molecular complexity index is 924. The second-order valence-electron chi connectivity index (χ2n) is 6.97. The number of ether oxygens (including phenoxy) is 2. The van der Waals surface area contributed by atoms with E-state index < -0.39 is 17.7 Å². The summed E-state index contributed by atoms with van der Waals surface area (Å²) in [6, 6.07) is 0.104. The molecular weight excluding hydrogens is 388 g/mol. The van der Waals surface area contributed by atoms with Crippen molar-refractivity contribution in [1.82, 2.24) is 5.32 Å². The first-order valence-electron chi connectivity index (χ1n) is 8.54. The molecule has 1 aromatic carbocycles. The zero-order valence-corrected chi connectivity index (χ0v) is 16.0. The van der Waals surface area contributed by atoms with Crippen LogP contribution in [0.1, 0.15) is 17.0 Å². The van der Waals surface area contributed by atoms with Crippen molar-refractivity contribution in [2.45, 2.75) is 30.7 Å². The van der Waals surface area contributed by atoms with E-state index in [0.717, 1.165) is 0 Å². The molecule has 3 aliphatic heterocycles. The molecule has 0 aromatic heterocycles. The van der Waals surface area contributed by atoms with E-state index in [1.807, 2.05) is 4.90 Å². The predicted molar refractivity (Wildman–Crippen MR) is 102 cm³/mol. The number of carbonyl (C=O) groups excluding carboxylic acids is 1. The Morgan fingerprint density at radius 1 is 1.43 bits per heavy atom. The molecular formula is C16H20N6O5S. The molecule has 1 unspecified atom stereocenters. The molecule has 12 heteroatoms. The lowest BCUT2D eigenvalue weighted by atomic mass is 9.88. The molecule has 3 heterocycles. The van der Waals surface area contributed by atoms with E-state index in [2.05, 4.69) is 15.5 Å². The third-order valence-corrected chi connectivity index (χ3v) is 5.77. The number of benzene rings is 1. The molecule has 4 rings (SSSR count). The third-order valence-electron chi connectivity index (χ3n) is 5.69. The van der Waals surface area contributed by atoms with Crippen molar-refractivity contribution in [3.8, 4) is 11.5 Å². The van der Waals surface area contributed by atoms with Gasteiger partial charge in [-0.1, -0.05) is 0 Å². The van der Waals surface area contributed by atoms with Crippen LogP contribution in [0.4, 0.5) is 16.2 Å². The second kappa shape index (κ2) is 6.15. The summed E-state index contributed by atoms with van der Waals surface area (Å²) in [4.78, 5) is 13.1. The number of phenols is 2. The van der Waals surface area contributed by atoms with E-state index in [9.17, 15) is 15.0 Å². The smallest absolute Gasteiger partial charge is 0.404 e. The van der Waals surface area contributed by atoms with E-state index in [4.69, 9.17) is 33.2 Å². The summed E-state index contributed by atoms with van der Waals surface area (Å²) in [6.07, 6.45) is -0.950. The topological polar surface area (TPSA) is 178 Å². The van der Waals surface area contributed by atoms with Gasteiger partial charge in [0.2, 0.25) is 5.11 Å². The standard InChI is InChI=1S/C16H20N6O5S/c1-5-9(20-21-14(17)28)12(24)8-6(4-27-15(18)25)16(26-2)13-7(19-13)3-22(16)10(8)11(5)23/h6-7,13,19,23-24H,3-4H2,1-2H3,(H2,17,28)(H2,18,25)/b21-20+/t6-,7-,13?,16-/m0/s1. The molecule has 28 heavy (non-hydrogen) atoms. The molecule has 0 bridgehead atoms. The minimum atomic E-state index is -0.956. The molecule has 0 saturated carbocycles. The van der Waals surface area contributed by atoms with Crippen molar-refractivity contribution >= 4 is 34.8 Å². The molecule has 4 atom stereocenters. The van der Waals surface area contributed by atoms with E-state index in [1.165, 1.54) is 7.11 Å². The first-order chi connectivity index (χ1) is 13.2. The zero-order chi connectivity index (χ0) is 20.4. The molecule has 1 aromatic rings. The lowest BCUT2D eigenvalue weighted by Gasteiger charge is -2.38. The maximum absolute atomic E-state index is 11.3. The number of nitrogens with one attached hydrogen (secondary N) is 1. The lowest BCUT2D eigenvalue weighted by molar-refractivity contribution is -0.0337. The molecule has 11 nitrogen and oxygen atoms in total. The van der Waals surface area contributed by atoms with Gasteiger partial charge in [-0.05, 0) is 19.1 Å². The molecule has 0 radical (unpaired) electrons. The highest BCUT2D eigenvalue weighted by Crippen LogP contribution is 2.64. The summed E-state index contributed by atoms with van der Waals surface area (Å²) in [6.45, 7) is 2.00. The minimum Gasteiger partial charge on any atom is -0.505 e. The van der Waals surface area contributed by atoms with Crippen LogP contribution in [-0.4, -0.2) is 59.5 Å². The summed E-state index contributed by atoms with van der Waals surface area (Å²) in [5.74, 6) is -0.921. The zero-order valence-electron chi connectivity index (χ0n) is 15.2. The van der Waals surface area contributed by atoms with Crippen molar-refractivity contribution in [3.05, 3.63) is 11.1 Å². The van der Waals surface area contributed by atoms with Crippen molar-refractivity contribution < 1.29 is 24.5 Å². The van der Waals surface area contributed by atoms with Crippen LogP contribution in [0, 0.1) is 6.92 Å². The average molecular weight is 408 g/mol. The summed E-state index contributed by atoms with van der Waals surface area (Å²) < 4.78 is 11.0. The monoisotopic (exact) mass is 408 g/mol.